The summed E-state index contributed by atoms with van der Waals surface area (Å²) in [4.78, 5) is 37.7. The molecule has 1 aliphatic heterocycles. The molecule has 0 saturated carbocycles. The van der Waals surface area contributed by atoms with Crippen molar-refractivity contribution in [3.8, 4) is 17.0 Å². The van der Waals surface area contributed by atoms with E-state index in [0.717, 1.165) is 4.68 Å². The molecule has 3 aromatic carbocycles. The number of aromatic nitrogens is 2. The first kappa shape index (κ1) is 29.9. The average molecular weight is 607 g/mol. The number of hydrogen-bond donors (Lipinski definition) is 1. The second-order valence-corrected chi connectivity index (χ2v) is 11.7. The molecule has 12 nitrogen and oxygen atoms in total. The summed E-state index contributed by atoms with van der Waals surface area (Å²) in [5.41, 5.74) is 1.42. The number of carbonyl (C=O) groups excluding carboxylic acids is 2. The summed E-state index contributed by atoms with van der Waals surface area (Å²) < 4.78 is 44.7. The third-order valence-corrected chi connectivity index (χ3v) is 8.97. The van der Waals surface area contributed by atoms with Crippen molar-refractivity contribution < 1.29 is 32.2 Å². The zero-order chi connectivity index (χ0) is 30.6. The number of esters is 1. The first-order valence-electron chi connectivity index (χ1n) is 13.5. The van der Waals surface area contributed by atoms with Gasteiger partial charge in [0.25, 0.3) is 5.56 Å². The van der Waals surface area contributed by atoms with Gasteiger partial charge in [-0.05, 0) is 48.9 Å². The van der Waals surface area contributed by atoms with Gasteiger partial charge < -0.3 is 19.5 Å². The van der Waals surface area contributed by atoms with Crippen molar-refractivity contribution in [2.75, 3.05) is 45.3 Å². The third kappa shape index (κ3) is 6.58. The Morgan fingerprint density at radius 2 is 1.70 bits per heavy atom. The number of rotatable bonds is 9. The van der Waals surface area contributed by atoms with E-state index in [1.807, 2.05) is 0 Å². The van der Waals surface area contributed by atoms with Crippen molar-refractivity contribution in [1.29, 1.82) is 0 Å². The molecule has 0 spiro atoms. The number of anilines is 1. The highest BCUT2D eigenvalue weighted by molar-refractivity contribution is 7.89. The Labute approximate surface area is 247 Å². The number of fused-ring (bicyclic) bond motifs is 1. The number of nitrogens with one attached hydrogen (secondary N) is 1. The van der Waals surface area contributed by atoms with Crippen molar-refractivity contribution in [2.24, 2.45) is 0 Å². The van der Waals surface area contributed by atoms with E-state index in [9.17, 15) is 22.8 Å². The minimum Gasteiger partial charge on any atom is -0.482 e. The number of ether oxygens (including phenoxy) is 3. The molecule has 0 bridgehead atoms. The van der Waals surface area contributed by atoms with E-state index in [0.29, 0.717) is 52.2 Å². The predicted molar refractivity (Wildman–Crippen MR) is 158 cm³/mol. The van der Waals surface area contributed by atoms with E-state index in [-0.39, 0.29) is 31.1 Å². The van der Waals surface area contributed by atoms with Crippen LogP contribution < -0.4 is 15.6 Å². The lowest BCUT2D eigenvalue weighted by Crippen LogP contribution is -2.40. The predicted octanol–water partition coefficient (Wildman–Crippen LogP) is 2.58. The van der Waals surface area contributed by atoms with E-state index >= 15 is 0 Å². The van der Waals surface area contributed by atoms with Gasteiger partial charge in [-0.1, -0.05) is 30.3 Å². The second-order valence-electron chi connectivity index (χ2n) is 9.79. The second kappa shape index (κ2) is 12.7. The number of methoxy groups -OCH3 is 1. The van der Waals surface area contributed by atoms with E-state index in [1.54, 1.807) is 73.7 Å². The number of benzene rings is 3. The first-order valence-corrected chi connectivity index (χ1v) is 14.9. The number of amides is 1. The van der Waals surface area contributed by atoms with Crippen LogP contribution in [0.5, 0.6) is 5.75 Å². The molecule has 0 aliphatic carbocycles. The lowest BCUT2D eigenvalue weighted by Gasteiger charge is -2.27. The van der Waals surface area contributed by atoms with Crippen LogP contribution in [-0.4, -0.2) is 74.4 Å². The molecule has 1 saturated heterocycles. The molecule has 224 valence electrons. The maximum absolute atomic E-state index is 13.5. The van der Waals surface area contributed by atoms with E-state index < -0.39 is 27.5 Å². The molecular formula is C30H30N4O8S. The van der Waals surface area contributed by atoms with Gasteiger partial charge in [0.1, 0.15) is 12.3 Å². The topological polar surface area (TPSA) is 146 Å². The molecule has 1 aromatic heterocycles. The highest BCUT2D eigenvalue weighted by atomic mass is 32.2. The minimum atomic E-state index is -3.80. The molecule has 13 heteroatoms. The van der Waals surface area contributed by atoms with Gasteiger partial charge in [0, 0.05) is 29.7 Å². The van der Waals surface area contributed by atoms with Crippen LogP contribution in [0.15, 0.2) is 76.4 Å². The Kier molecular flexibility index (Phi) is 8.85. The number of hydrogen-bond acceptors (Lipinski definition) is 9. The molecule has 1 N–H and O–H groups in total. The average Bonchev–Trinajstić information content (AvgIpc) is 3.02. The normalized spacial score (nSPS) is 13.9. The van der Waals surface area contributed by atoms with Gasteiger partial charge in [0.2, 0.25) is 15.9 Å². The summed E-state index contributed by atoms with van der Waals surface area (Å²) >= 11 is 0. The Morgan fingerprint density at radius 3 is 2.40 bits per heavy atom. The first-order chi connectivity index (χ1) is 20.7. The van der Waals surface area contributed by atoms with Gasteiger partial charge in [0.05, 0.1) is 36.3 Å². The lowest BCUT2D eigenvalue weighted by molar-refractivity contribution is -0.142. The summed E-state index contributed by atoms with van der Waals surface area (Å²) in [5.74, 6) is -0.613. The van der Waals surface area contributed by atoms with Crippen LogP contribution in [0, 0.1) is 6.92 Å². The summed E-state index contributed by atoms with van der Waals surface area (Å²) in [5, 5.41) is 8.12. The van der Waals surface area contributed by atoms with E-state index in [1.165, 1.54) is 11.4 Å². The number of sulfonamides is 1. The van der Waals surface area contributed by atoms with Crippen LogP contribution in [-0.2, 0) is 35.6 Å². The van der Waals surface area contributed by atoms with Crippen LogP contribution in [0.3, 0.4) is 0 Å². The fourth-order valence-electron chi connectivity index (χ4n) is 4.68. The van der Waals surface area contributed by atoms with Crippen molar-refractivity contribution in [3.63, 3.8) is 0 Å². The molecule has 2 heterocycles. The fraction of sp³-hybridized carbons (Fsp3) is 0.267. The van der Waals surface area contributed by atoms with Gasteiger partial charge in [-0.25, -0.2) is 17.9 Å². The largest absolute Gasteiger partial charge is 0.482 e. The zero-order valence-corrected chi connectivity index (χ0v) is 24.4. The monoisotopic (exact) mass is 606 g/mol. The van der Waals surface area contributed by atoms with E-state index in [2.05, 4.69) is 15.2 Å². The van der Waals surface area contributed by atoms with Crippen molar-refractivity contribution >= 4 is 38.4 Å². The molecule has 0 atom stereocenters. The maximum Gasteiger partial charge on any atom is 0.343 e. The van der Waals surface area contributed by atoms with Gasteiger partial charge in [0.15, 0.2) is 6.61 Å². The molecule has 0 radical (unpaired) electrons. The number of aryl methyl sites for hydroxylation is 1. The Bertz CT molecular complexity index is 1830. The van der Waals surface area contributed by atoms with Crippen LogP contribution in [0.2, 0.25) is 0 Å². The zero-order valence-electron chi connectivity index (χ0n) is 23.6. The summed E-state index contributed by atoms with van der Waals surface area (Å²) in [6.07, 6.45) is 0. The molecular weight excluding hydrogens is 576 g/mol. The van der Waals surface area contributed by atoms with Crippen LogP contribution >= 0.6 is 0 Å². The Balaban J connectivity index is 1.44. The number of nitrogens with zero attached hydrogens (tertiary/aromatic N) is 3. The fourth-order valence-corrected chi connectivity index (χ4v) is 6.34. The Hall–Kier alpha value is -4.59. The standard InChI is InChI=1S/C30H30N4O8S/c1-20-7-8-21(17-26(20)43(38,39)33-13-15-41-16-14-33)29-24-5-3-4-6-25(24)30(37)34(32-29)18-27(35)31-22-9-11-23(12-10-22)42-19-28(36)40-2/h3-12,17H,13-16,18-19H2,1-2H3,(H,31,35). The van der Waals surface area contributed by atoms with E-state index in [4.69, 9.17) is 9.47 Å². The van der Waals surface area contributed by atoms with Crippen LogP contribution in [0.1, 0.15) is 5.56 Å². The molecule has 4 aromatic rings. The Morgan fingerprint density at radius 1 is 1.00 bits per heavy atom. The smallest absolute Gasteiger partial charge is 0.343 e. The molecule has 1 fully saturated rings. The van der Waals surface area contributed by atoms with Gasteiger partial charge in [-0.3, -0.25) is 9.59 Å². The van der Waals surface area contributed by atoms with Gasteiger partial charge >= 0.3 is 5.97 Å². The number of carbonyl (C=O) groups is 2. The van der Waals surface area contributed by atoms with Crippen molar-refractivity contribution in [1.82, 2.24) is 14.1 Å². The highest BCUT2D eigenvalue weighted by Crippen LogP contribution is 2.30. The molecule has 1 aliphatic rings. The highest BCUT2D eigenvalue weighted by Gasteiger charge is 2.28. The minimum absolute atomic E-state index is 0.146. The third-order valence-electron chi connectivity index (χ3n) is 6.93. The molecule has 43 heavy (non-hydrogen) atoms. The van der Waals surface area contributed by atoms with Crippen LogP contribution in [0.25, 0.3) is 22.0 Å². The summed E-state index contributed by atoms with van der Waals surface area (Å²) in [6, 6.07) is 18.2. The van der Waals surface area contributed by atoms with Crippen molar-refractivity contribution in [2.45, 2.75) is 18.4 Å². The molecule has 5 rings (SSSR count). The molecule has 0 unspecified atom stereocenters. The van der Waals surface area contributed by atoms with Crippen molar-refractivity contribution in [3.05, 3.63) is 82.6 Å². The lowest BCUT2D eigenvalue weighted by atomic mass is 10.0. The quantitative estimate of drug-likeness (QED) is 0.284. The maximum atomic E-state index is 13.5. The SMILES string of the molecule is COC(=O)COc1ccc(NC(=O)Cn2nc(-c3ccc(C)c(S(=O)(=O)N4CCOCC4)c3)c3ccccc3c2=O)cc1. The van der Waals surface area contributed by atoms with Gasteiger partial charge in [-0.2, -0.15) is 9.40 Å². The van der Waals surface area contributed by atoms with Gasteiger partial charge in [-0.15, -0.1) is 0 Å². The molecule has 1 amide bonds. The number of morpholine rings is 1. The summed E-state index contributed by atoms with van der Waals surface area (Å²) in [6.45, 7) is 2.26. The van der Waals surface area contributed by atoms with Crippen LogP contribution in [0.4, 0.5) is 5.69 Å². The summed E-state index contributed by atoms with van der Waals surface area (Å²) in [7, 11) is -2.54.